The van der Waals surface area contributed by atoms with E-state index in [-0.39, 0.29) is 0 Å². The summed E-state index contributed by atoms with van der Waals surface area (Å²) in [5.74, 6) is -0.665. The van der Waals surface area contributed by atoms with E-state index in [1.807, 2.05) is 24.3 Å². The van der Waals surface area contributed by atoms with Crippen molar-refractivity contribution in [2.24, 2.45) is 0 Å². The van der Waals surface area contributed by atoms with Crippen molar-refractivity contribution in [1.82, 2.24) is 0 Å². The van der Waals surface area contributed by atoms with Crippen LogP contribution in [0.15, 0.2) is 60.0 Å². The number of phenols is 1. The Hall–Kier alpha value is -3.05. The first-order chi connectivity index (χ1) is 13.9. The number of hydrogen-bond acceptors (Lipinski definition) is 4. The van der Waals surface area contributed by atoms with Crippen molar-refractivity contribution in [3.05, 3.63) is 87.1 Å². The van der Waals surface area contributed by atoms with Crippen molar-refractivity contribution in [3.8, 4) is 5.75 Å². The molecule has 0 spiro atoms. The number of hydrogen-bond donors (Lipinski definition) is 2. The van der Waals surface area contributed by atoms with E-state index in [1.165, 1.54) is 16.1 Å². The zero-order valence-corrected chi connectivity index (χ0v) is 17.2. The van der Waals surface area contributed by atoms with Gasteiger partial charge in [0.2, 0.25) is 0 Å². The first-order valence-corrected chi connectivity index (χ1v) is 10.4. The number of carboxylic acids is 1. The number of nitrogens with zero attached hydrogens (tertiary/aromatic N) is 1. The third-order valence-corrected chi connectivity index (χ3v) is 6.61. The number of anilines is 1. The number of thiophene rings is 1. The third-order valence-electron chi connectivity index (χ3n) is 5.77. The quantitative estimate of drug-likeness (QED) is 0.587. The first kappa shape index (κ1) is 19.3. The molecule has 2 N–H and O–H groups in total. The number of carbonyl (C=O) groups is 1. The predicted octanol–water partition coefficient (Wildman–Crippen LogP) is 5.19. The lowest BCUT2D eigenvalue weighted by Crippen LogP contribution is -2.49. The van der Waals surface area contributed by atoms with Gasteiger partial charge in [-0.15, -0.1) is 11.3 Å². The smallest absolute Gasteiger partial charge is 0.328 e. The van der Waals surface area contributed by atoms with Crippen LogP contribution in [0, 0.1) is 6.92 Å². The van der Waals surface area contributed by atoms with E-state index in [4.69, 9.17) is 5.11 Å². The molecule has 4 rings (SSSR count). The second-order valence-corrected chi connectivity index (χ2v) is 8.59. The Morgan fingerprint density at radius 3 is 2.59 bits per heavy atom. The van der Waals surface area contributed by atoms with E-state index in [9.17, 15) is 9.90 Å². The van der Waals surface area contributed by atoms with Crippen molar-refractivity contribution in [1.29, 1.82) is 0 Å². The van der Waals surface area contributed by atoms with Gasteiger partial charge in [0, 0.05) is 17.5 Å². The van der Waals surface area contributed by atoms with Crippen LogP contribution < -0.4 is 4.90 Å². The average Bonchev–Trinajstić information content (AvgIpc) is 3.12. The second-order valence-electron chi connectivity index (χ2n) is 7.47. The first-order valence-electron chi connectivity index (χ1n) is 9.55. The highest BCUT2D eigenvalue weighted by Gasteiger charge is 2.41. The van der Waals surface area contributed by atoms with Gasteiger partial charge in [-0.05, 0) is 72.2 Å². The van der Waals surface area contributed by atoms with Crippen LogP contribution in [-0.4, -0.2) is 22.7 Å². The van der Waals surface area contributed by atoms with Crippen LogP contribution in [0.25, 0.3) is 6.08 Å². The monoisotopic (exact) mass is 405 g/mol. The molecular formula is C24H23NO3S. The fourth-order valence-corrected chi connectivity index (χ4v) is 4.98. The van der Waals surface area contributed by atoms with Gasteiger partial charge in [-0.25, -0.2) is 4.79 Å². The Bertz CT molecular complexity index is 1080. The molecule has 4 nitrogen and oxygen atoms in total. The van der Waals surface area contributed by atoms with Gasteiger partial charge in [-0.2, -0.15) is 0 Å². The molecule has 1 aliphatic rings. The zero-order valence-electron chi connectivity index (χ0n) is 16.4. The SMILES string of the molecule is Cc1sccc1N1CCc2cc(O)ccc2C1(C)c1ccc(C=CC(=O)O)cc1. The van der Waals surface area contributed by atoms with Gasteiger partial charge in [0.05, 0.1) is 11.2 Å². The number of aryl methyl sites for hydroxylation is 1. The lowest BCUT2D eigenvalue weighted by atomic mass is 9.76. The van der Waals surface area contributed by atoms with Crippen molar-refractivity contribution in [3.63, 3.8) is 0 Å². The number of carboxylic acid groups (broad SMARTS) is 1. The van der Waals surface area contributed by atoms with E-state index in [0.717, 1.165) is 35.7 Å². The topological polar surface area (TPSA) is 60.8 Å². The maximum atomic E-state index is 10.8. The minimum absolute atomic E-state index is 0.292. The van der Waals surface area contributed by atoms with Crippen molar-refractivity contribution in [2.45, 2.75) is 25.8 Å². The molecule has 2 aromatic carbocycles. The van der Waals surface area contributed by atoms with Gasteiger partial charge < -0.3 is 15.1 Å². The molecular weight excluding hydrogens is 382 g/mol. The molecule has 0 saturated heterocycles. The second kappa shape index (κ2) is 7.41. The number of fused-ring (bicyclic) bond motifs is 1. The molecule has 1 aliphatic heterocycles. The zero-order chi connectivity index (χ0) is 20.6. The molecule has 5 heteroatoms. The summed E-state index contributed by atoms with van der Waals surface area (Å²) in [7, 11) is 0. The Kier molecular flexibility index (Phi) is 4.92. The average molecular weight is 406 g/mol. The van der Waals surface area contributed by atoms with Crippen molar-refractivity contribution in [2.75, 3.05) is 11.4 Å². The third kappa shape index (κ3) is 3.42. The molecule has 0 saturated carbocycles. The molecule has 2 heterocycles. The lowest BCUT2D eigenvalue weighted by molar-refractivity contribution is -0.131. The molecule has 1 aromatic heterocycles. The van der Waals surface area contributed by atoms with E-state index < -0.39 is 11.5 Å². The molecule has 0 aliphatic carbocycles. The summed E-state index contributed by atoms with van der Waals surface area (Å²) in [6, 6.07) is 15.9. The van der Waals surface area contributed by atoms with Gasteiger partial charge >= 0.3 is 5.97 Å². The van der Waals surface area contributed by atoms with Gasteiger partial charge in [-0.1, -0.05) is 30.3 Å². The van der Waals surface area contributed by atoms with Crippen LogP contribution >= 0.6 is 11.3 Å². The van der Waals surface area contributed by atoms with E-state index in [0.29, 0.717) is 5.75 Å². The van der Waals surface area contributed by atoms with Crippen LogP contribution in [0.5, 0.6) is 5.75 Å². The summed E-state index contributed by atoms with van der Waals surface area (Å²) < 4.78 is 0. The van der Waals surface area contributed by atoms with Gasteiger partial charge in [0.15, 0.2) is 0 Å². The van der Waals surface area contributed by atoms with Crippen LogP contribution in [0.2, 0.25) is 0 Å². The molecule has 0 fully saturated rings. The number of rotatable bonds is 4. The van der Waals surface area contributed by atoms with Gasteiger partial charge in [0.1, 0.15) is 5.75 Å². The normalized spacial score (nSPS) is 18.8. The summed E-state index contributed by atoms with van der Waals surface area (Å²) in [4.78, 5) is 14.5. The highest BCUT2D eigenvalue weighted by atomic mass is 32.1. The summed E-state index contributed by atoms with van der Waals surface area (Å²) in [6.45, 7) is 5.22. The minimum atomic E-state index is -0.957. The molecule has 1 unspecified atom stereocenters. The predicted molar refractivity (Wildman–Crippen MR) is 118 cm³/mol. The number of aliphatic carboxylic acids is 1. The van der Waals surface area contributed by atoms with Crippen LogP contribution in [0.4, 0.5) is 5.69 Å². The summed E-state index contributed by atoms with van der Waals surface area (Å²) in [6.07, 6.45) is 3.62. The maximum absolute atomic E-state index is 10.8. The molecule has 0 amide bonds. The number of phenolic OH excluding ortho intramolecular Hbond substituents is 1. The Labute approximate surface area is 174 Å². The molecule has 148 valence electrons. The molecule has 1 atom stereocenters. The van der Waals surface area contributed by atoms with Gasteiger partial charge in [0.25, 0.3) is 0 Å². The Morgan fingerprint density at radius 2 is 1.93 bits per heavy atom. The van der Waals surface area contributed by atoms with Crippen LogP contribution in [0.1, 0.15) is 34.1 Å². The number of aromatic hydroxyl groups is 1. The maximum Gasteiger partial charge on any atom is 0.328 e. The summed E-state index contributed by atoms with van der Waals surface area (Å²) >= 11 is 1.74. The fourth-order valence-electron chi connectivity index (χ4n) is 4.28. The molecule has 29 heavy (non-hydrogen) atoms. The van der Waals surface area contributed by atoms with E-state index in [2.05, 4.69) is 42.3 Å². The van der Waals surface area contributed by atoms with Crippen molar-refractivity contribution < 1.29 is 15.0 Å². The summed E-state index contributed by atoms with van der Waals surface area (Å²) in [5.41, 5.74) is 5.14. The standard InChI is InChI=1S/C24H23NO3S/c1-16-22(12-14-29-16)25-13-11-18-15-20(26)8-9-21(18)24(25,2)19-6-3-17(4-7-19)5-10-23(27)28/h3-10,12,14-15,26H,11,13H2,1-2H3,(H,27,28). The van der Waals surface area contributed by atoms with Crippen LogP contribution in [-0.2, 0) is 16.8 Å². The van der Waals surface area contributed by atoms with Crippen molar-refractivity contribution >= 4 is 29.1 Å². The highest BCUT2D eigenvalue weighted by Crippen LogP contribution is 2.45. The molecule has 3 aromatic rings. The molecule has 0 radical (unpaired) electrons. The van der Waals surface area contributed by atoms with Gasteiger partial charge in [-0.3, -0.25) is 0 Å². The number of benzene rings is 2. The fraction of sp³-hybridized carbons (Fsp3) is 0.208. The Balaban J connectivity index is 1.85. The largest absolute Gasteiger partial charge is 0.508 e. The van der Waals surface area contributed by atoms with Crippen LogP contribution in [0.3, 0.4) is 0 Å². The Morgan fingerprint density at radius 1 is 1.17 bits per heavy atom. The molecule has 0 bridgehead atoms. The highest BCUT2D eigenvalue weighted by molar-refractivity contribution is 7.10. The van der Waals surface area contributed by atoms with E-state index in [1.54, 1.807) is 23.5 Å². The minimum Gasteiger partial charge on any atom is -0.508 e. The lowest BCUT2D eigenvalue weighted by Gasteiger charge is -2.48. The van der Waals surface area contributed by atoms with E-state index >= 15 is 0 Å². The summed E-state index contributed by atoms with van der Waals surface area (Å²) in [5, 5.41) is 21.0.